The minimum absolute atomic E-state index is 0.991. The molecule has 1 N–H and O–H groups in total. The van der Waals surface area contributed by atoms with Crippen LogP contribution in [0.25, 0.3) is 0 Å². The zero-order valence-corrected chi connectivity index (χ0v) is 8.60. The number of hydrogen-bond acceptors (Lipinski definition) is 1. The Kier molecular flexibility index (Phi) is 4.67. The Morgan fingerprint density at radius 2 is 1.92 bits per heavy atom. The molecule has 1 atom stereocenters. The van der Waals surface area contributed by atoms with Gasteiger partial charge in [0.2, 0.25) is 0 Å². The molecule has 1 saturated heterocycles. The smallest absolute Gasteiger partial charge is 0.00174 e. The van der Waals surface area contributed by atoms with Crippen molar-refractivity contribution < 1.29 is 0 Å². The Bertz CT molecular complexity index is 99.6. The summed E-state index contributed by atoms with van der Waals surface area (Å²) in [4.78, 5) is 0. The van der Waals surface area contributed by atoms with Crippen molar-refractivity contribution >= 4 is 0 Å². The van der Waals surface area contributed by atoms with E-state index in [2.05, 4.69) is 19.2 Å². The summed E-state index contributed by atoms with van der Waals surface area (Å²) in [7, 11) is 0. The second kappa shape index (κ2) is 5.58. The Balaban J connectivity index is 2.29. The van der Waals surface area contributed by atoms with Crippen LogP contribution >= 0.6 is 0 Å². The van der Waals surface area contributed by atoms with E-state index in [4.69, 9.17) is 0 Å². The molecule has 72 valence electrons. The van der Waals surface area contributed by atoms with Gasteiger partial charge in [0.05, 0.1) is 0 Å². The molecule has 0 bridgehead atoms. The third-order valence-electron chi connectivity index (χ3n) is 3.08. The summed E-state index contributed by atoms with van der Waals surface area (Å²) in [5.74, 6) is 2.00. The van der Waals surface area contributed by atoms with Crippen molar-refractivity contribution in [2.24, 2.45) is 11.8 Å². The van der Waals surface area contributed by atoms with Gasteiger partial charge in [-0.15, -0.1) is 0 Å². The molecule has 0 aromatic rings. The van der Waals surface area contributed by atoms with Gasteiger partial charge >= 0.3 is 0 Å². The molecular weight excluding hydrogens is 146 g/mol. The molecule has 0 amide bonds. The van der Waals surface area contributed by atoms with Crippen molar-refractivity contribution in [2.75, 3.05) is 13.1 Å². The highest BCUT2D eigenvalue weighted by atomic mass is 14.9. The second-order valence-corrected chi connectivity index (χ2v) is 4.09. The molecule has 1 rings (SSSR count). The molecular formula is C11H23N. The van der Waals surface area contributed by atoms with Gasteiger partial charge < -0.3 is 5.32 Å². The molecule has 0 spiro atoms. The van der Waals surface area contributed by atoms with Gasteiger partial charge in [0, 0.05) is 0 Å². The molecule has 12 heavy (non-hydrogen) atoms. The van der Waals surface area contributed by atoms with Crippen molar-refractivity contribution in [3.05, 3.63) is 0 Å². The fourth-order valence-corrected chi connectivity index (χ4v) is 2.44. The van der Waals surface area contributed by atoms with Gasteiger partial charge in [-0.3, -0.25) is 0 Å². The summed E-state index contributed by atoms with van der Waals surface area (Å²) < 4.78 is 0. The minimum atomic E-state index is 0.991. The molecule has 0 aromatic carbocycles. The molecule has 1 unspecified atom stereocenters. The van der Waals surface area contributed by atoms with E-state index in [1.165, 1.54) is 45.2 Å². The van der Waals surface area contributed by atoms with Crippen LogP contribution in [-0.2, 0) is 0 Å². The first kappa shape index (κ1) is 10.0. The maximum atomic E-state index is 3.47. The predicted molar refractivity (Wildman–Crippen MR) is 54.3 cm³/mol. The summed E-state index contributed by atoms with van der Waals surface area (Å²) in [5.41, 5.74) is 0. The first-order valence-electron chi connectivity index (χ1n) is 5.59. The van der Waals surface area contributed by atoms with Crippen LogP contribution in [0.3, 0.4) is 0 Å². The van der Waals surface area contributed by atoms with Crippen LogP contribution in [0.4, 0.5) is 0 Å². The average Bonchev–Trinajstić information content (AvgIpc) is 2.56. The zero-order chi connectivity index (χ0) is 8.81. The fraction of sp³-hybridized carbons (Fsp3) is 1.00. The number of hydrogen-bond donors (Lipinski definition) is 1. The van der Waals surface area contributed by atoms with Crippen LogP contribution in [0.1, 0.15) is 46.0 Å². The lowest BCUT2D eigenvalue weighted by Gasteiger charge is -2.21. The highest BCUT2D eigenvalue weighted by molar-refractivity contribution is 4.77. The highest BCUT2D eigenvalue weighted by Gasteiger charge is 2.22. The van der Waals surface area contributed by atoms with E-state index >= 15 is 0 Å². The van der Waals surface area contributed by atoms with Gasteiger partial charge in [0.15, 0.2) is 0 Å². The quantitative estimate of drug-likeness (QED) is 0.667. The molecule has 0 saturated carbocycles. The topological polar surface area (TPSA) is 12.0 Å². The van der Waals surface area contributed by atoms with E-state index in [0.717, 1.165) is 11.8 Å². The van der Waals surface area contributed by atoms with E-state index in [1.807, 2.05) is 0 Å². The average molecular weight is 169 g/mol. The maximum Gasteiger partial charge on any atom is -0.00174 e. The van der Waals surface area contributed by atoms with Crippen LogP contribution in [0.5, 0.6) is 0 Å². The van der Waals surface area contributed by atoms with Gasteiger partial charge in [0.1, 0.15) is 0 Å². The Morgan fingerprint density at radius 3 is 2.33 bits per heavy atom. The third kappa shape index (κ3) is 2.78. The molecule has 0 aliphatic carbocycles. The molecule has 1 heteroatoms. The monoisotopic (exact) mass is 169 g/mol. The van der Waals surface area contributed by atoms with Gasteiger partial charge in [-0.1, -0.05) is 39.5 Å². The Hall–Kier alpha value is -0.0400. The molecule has 1 nitrogen and oxygen atoms in total. The van der Waals surface area contributed by atoms with Gasteiger partial charge in [-0.05, 0) is 31.3 Å². The highest BCUT2D eigenvalue weighted by Crippen LogP contribution is 2.27. The van der Waals surface area contributed by atoms with Crippen molar-refractivity contribution in [1.82, 2.24) is 5.32 Å². The van der Waals surface area contributed by atoms with E-state index in [1.54, 1.807) is 0 Å². The SMILES string of the molecule is CCCC(CCC)C1CCNC1. The molecule has 1 heterocycles. The summed E-state index contributed by atoms with van der Waals surface area (Å²) in [6.45, 7) is 7.16. The minimum Gasteiger partial charge on any atom is -0.316 e. The van der Waals surface area contributed by atoms with Crippen molar-refractivity contribution in [2.45, 2.75) is 46.0 Å². The summed E-state index contributed by atoms with van der Waals surface area (Å²) in [6.07, 6.45) is 7.04. The van der Waals surface area contributed by atoms with Crippen LogP contribution in [0, 0.1) is 11.8 Å². The normalized spacial score (nSPS) is 23.8. The lowest BCUT2D eigenvalue weighted by Crippen LogP contribution is -2.17. The molecule has 0 radical (unpaired) electrons. The standard InChI is InChI=1S/C11H23N/c1-3-5-10(6-4-2)11-7-8-12-9-11/h10-12H,3-9H2,1-2H3. The van der Waals surface area contributed by atoms with E-state index in [-0.39, 0.29) is 0 Å². The molecule has 0 aromatic heterocycles. The maximum absolute atomic E-state index is 3.47. The first-order chi connectivity index (χ1) is 5.88. The van der Waals surface area contributed by atoms with E-state index < -0.39 is 0 Å². The molecule has 1 aliphatic heterocycles. The largest absolute Gasteiger partial charge is 0.316 e. The fourth-order valence-electron chi connectivity index (χ4n) is 2.44. The summed E-state index contributed by atoms with van der Waals surface area (Å²) in [5, 5.41) is 3.47. The van der Waals surface area contributed by atoms with E-state index in [0.29, 0.717) is 0 Å². The lowest BCUT2D eigenvalue weighted by atomic mass is 9.84. The number of rotatable bonds is 5. The number of nitrogens with one attached hydrogen (secondary N) is 1. The van der Waals surface area contributed by atoms with E-state index in [9.17, 15) is 0 Å². The van der Waals surface area contributed by atoms with Crippen LogP contribution in [0.2, 0.25) is 0 Å². The first-order valence-corrected chi connectivity index (χ1v) is 5.59. The zero-order valence-electron chi connectivity index (χ0n) is 8.60. The van der Waals surface area contributed by atoms with Crippen LogP contribution in [-0.4, -0.2) is 13.1 Å². The second-order valence-electron chi connectivity index (χ2n) is 4.09. The third-order valence-corrected chi connectivity index (χ3v) is 3.08. The summed E-state index contributed by atoms with van der Waals surface area (Å²) in [6, 6.07) is 0. The molecule has 1 fully saturated rings. The Morgan fingerprint density at radius 1 is 1.25 bits per heavy atom. The summed E-state index contributed by atoms with van der Waals surface area (Å²) >= 11 is 0. The van der Waals surface area contributed by atoms with Crippen LogP contribution in [0.15, 0.2) is 0 Å². The van der Waals surface area contributed by atoms with Crippen molar-refractivity contribution in [3.8, 4) is 0 Å². The van der Waals surface area contributed by atoms with Gasteiger partial charge in [-0.2, -0.15) is 0 Å². The lowest BCUT2D eigenvalue weighted by molar-refractivity contribution is 0.309. The van der Waals surface area contributed by atoms with Gasteiger partial charge in [0.25, 0.3) is 0 Å². The van der Waals surface area contributed by atoms with Crippen molar-refractivity contribution in [3.63, 3.8) is 0 Å². The molecule has 1 aliphatic rings. The Labute approximate surface area is 76.9 Å². The van der Waals surface area contributed by atoms with Crippen LogP contribution < -0.4 is 5.32 Å². The van der Waals surface area contributed by atoms with Gasteiger partial charge in [-0.25, -0.2) is 0 Å². The predicted octanol–water partition coefficient (Wildman–Crippen LogP) is 2.81. The van der Waals surface area contributed by atoms with Crippen molar-refractivity contribution in [1.29, 1.82) is 0 Å².